The molecule has 0 radical (unpaired) electrons. The van der Waals surface area contributed by atoms with Crippen LogP contribution in [0.1, 0.15) is 60.2 Å². The summed E-state index contributed by atoms with van der Waals surface area (Å²) < 4.78 is 4.81. The lowest BCUT2D eigenvalue weighted by Crippen LogP contribution is -2.62. The van der Waals surface area contributed by atoms with Gasteiger partial charge in [0.2, 0.25) is 0 Å². The Labute approximate surface area is 305 Å². The maximum absolute atomic E-state index is 14.3. The number of amides is 3. The molecular weight excluding hydrogens is 656 g/mol. The van der Waals surface area contributed by atoms with Gasteiger partial charge in [0.05, 0.1) is 25.8 Å². The van der Waals surface area contributed by atoms with Crippen LogP contribution >= 0.6 is 0 Å². The molecule has 4 aromatic rings. The number of nitrogens with one attached hydrogen (secondary N) is 3. The van der Waals surface area contributed by atoms with Gasteiger partial charge < -0.3 is 25.6 Å². The standard InChI is InChI=1S/C42H48N4O6/c1-41(2,3)37(44-40(50)52-4)38(48)45-46(27-32-19-13-18-30(24-32)23-22-29-14-7-5-8-15-29)28-42(51,26-31-16-9-6-10-17-31)39(49)43-36-34-21-12-11-20-33(34)25-35(36)47/h5-24,35-37,47,51H,25-28H2,1-4H3,(H,43,49)(H,44,50)(H,45,48)/b23-22+/t35-,36+,37-,42+/m1/s1. The van der Waals surface area contributed by atoms with Crippen molar-refractivity contribution in [2.75, 3.05) is 13.7 Å². The molecule has 10 heteroatoms. The molecule has 1 aliphatic carbocycles. The van der Waals surface area contributed by atoms with Crippen LogP contribution in [-0.4, -0.2) is 64.5 Å². The highest BCUT2D eigenvalue weighted by atomic mass is 16.5. The summed E-state index contributed by atoms with van der Waals surface area (Å²) in [6.07, 6.45) is 2.64. The van der Waals surface area contributed by atoms with Gasteiger partial charge >= 0.3 is 6.09 Å². The number of aliphatic hydroxyl groups excluding tert-OH is 1. The van der Waals surface area contributed by atoms with Gasteiger partial charge in [0.1, 0.15) is 6.04 Å². The molecule has 272 valence electrons. The zero-order chi connectivity index (χ0) is 37.3. The van der Waals surface area contributed by atoms with Crippen molar-refractivity contribution in [3.63, 3.8) is 0 Å². The molecule has 0 aromatic heterocycles. The lowest BCUT2D eigenvalue weighted by atomic mass is 9.86. The zero-order valence-corrected chi connectivity index (χ0v) is 30.1. The largest absolute Gasteiger partial charge is 0.453 e. The molecule has 4 aromatic carbocycles. The number of rotatable bonds is 13. The number of hydrogen-bond donors (Lipinski definition) is 5. The minimum Gasteiger partial charge on any atom is -0.453 e. The molecule has 3 amide bonds. The molecular formula is C42H48N4O6. The number of methoxy groups -OCH3 is 1. The van der Waals surface area contributed by atoms with Crippen LogP contribution in [-0.2, 0) is 33.7 Å². The summed E-state index contributed by atoms with van der Waals surface area (Å²) in [6.45, 7) is 5.20. The van der Waals surface area contributed by atoms with Gasteiger partial charge in [-0.15, -0.1) is 0 Å². The Morgan fingerprint density at radius 3 is 2.17 bits per heavy atom. The summed E-state index contributed by atoms with van der Waals surface area (Å²) in [5, 5.41) is 30.5. The predicted octanol–water partition coefficient (Wildman–Crippen LogP) is 5.21. The molecule has 0 saturated heterocycles. The van der Waals surface area contributed by atoms with Gasteiger partial charge in [-0.05, 0) is 38.8 Å². The molecule has 10 nitrogen and oxygen atoms in total. The molecule has 1 aliphatic rings. The van der Waals surface area contributed by atoms with Crippen LogP contribution in [0.25, 0.3) is 12.2 Å². The second-order valence-corrected chi connectivity index (χ2v) is 14.4. The number of ether oxygens (including phenoxy) is 1. The molecule has 0 spiro atoms. The third kappa shape index (κ3) is 9.94. The van der Waals surface area contributed by atoms with Crippen LogP contribution in [0.15, 0.2) is 109 Å². The van der Waals surface area contributed by atoms with Crippen LogP contribution < -0.4 is 16.1 Å². The van der Waals surface area contributed by atoms with Crippen molar-refractivity contribution in [2.45, 2.75) is 63.9 Å². The van der Waals surface area contributed by atoms with E-state index in [0.29, 0.717) is 12.0 Å². The van der Waals surface area contributed by atoms with Crippen molar-refractivity contribution < 1.29 is 29.3 Å². The number of alkyl carbamates (subject to hydrolysis) is 1. The summed E-state index contributed by atoms with van der Waals surface area (Å²) >= 11 is 0. The Morgan fingerprint density at radius 1 is 0.865 bits per heavy atom. The summed E-state index contributed by atoms with van der Waals surface area (Å²) in [6, 6.07) is 32.5. The molecule has 5 rings (SSSR count). The number of carbonyl (C=O) groups is 3. The van der Waals surface area contributed by atoms with E-state index < -0.39 is 47.1 Å². The maximum Gasteiger partial charge on any atom is 0.407 e. The van der Waals surface area contributed by atoms with Gasteiger partial charge in [-0.1, -0.05) is 142 Å². The van der Waals surface area contributed by atoms with E-state index in [0.717, 1.165) is 27.8 Å². The topological polar surface area (TPSA) is 140 Å². The molecule has 5 N–H and O–H groups in total. The second kappa shape index (κ2) is 16.8. The van der Waals surface area contributed by atoms with E-state index in [1.54, 1.807) is 0 Å². The normalized spacial score (nSPS) is 17.2. The molecule has 0 aliphatic heterocycles. The van der Waals surface area contributed by atoms with Gasteiger partial charge in [-0.25, -0.2) is 9.80 Å². The Balaban J connectivity index is 1.48. The fraction of sp³-hybridized carbons (Fsp3) is 0.310. The molecule has 0 saturated carbocycles. The second-order valence-electron chi connectivity index (χ2n) is 14.4. The van der Waals surface area contributed by atoms with Crippen LogP contribution in [0.3, 0.4) is 0 Å². The minimum atomic E-state index is -2.08. The van der Waals surface area contributed by atoms with Crippen LogP contribution in [0.2, 0.25) is 0 Å². The predicted molar refractivity (Wildman–Crippen MR) is 201 cm³/mol. The van der Waals surface area contributed by atoms with Crippen LogP contribution in [0, 0.1) is 5.41 Å². The van der Waals surface area contributed by atoms with E-state index in [-0.39, 0.29) is 19.5 Å². The van der Waals surface area contributed by atoms with E-state index in [1.165, 1.54) is 12.1 Å². The van der Waals surface area contributed by atoms with E-state index in [1.807, 2.05) is 142 Å². The maximum atomic E-state index is 14.3. The summed E-state index contributed by atoms with van der Waals surface area (Å²) in [7, 11) is 1.22. The van der Waals surface area contributed by atoms with E-state index in [2.05, 4.69) is 16.1 Å². The highest BCUT2D eigenvalue weighted by Gasteiger charge is 2.43. The summed E-state index contributed by atoms with van der Waals surface area (Å²) in [5.74, 6) is -1.25. The monoisotopic (exact) mass is 704 g/mol. The van der Waals surface area contributed by atoms with Gasteiger partial charge in [0.15, 0.2) is 5.60 Å². The Hall–Kier alpha value is -5.29. The number of hydrogen-bond acceptors (Lipinski definition) is 7. The number of fused-ring (bicyclic) bond motifs is 1. The van der Waals surface area contributed by atoms with Crippen LogP contribution in [0.5, 0.6) is 0 Å². The minimum absolute atomic E-state index is 0.0839. The third-order valence-electron chi connectivity index (χ3n) is 9.14. The smallest absolute Gasteiger partial charge is 0.407 e. The number of hydrazine groups is 1. The summed E-state index contributed by atoms with van der Waals surface area (Å²) in [5.41, 5.74) is 5.27. The van der Waals surface area contributed by atoms with Crippen molar-refractivity contribution in [2.24, 2.45) is 5.41 Å². The first-order valence-corrected chi connectivity index (χ1v) is 17.4. The van der Waals surface area contributed by atoms with E-state index in [4.69, 9.17) is 4.74 Å². The Kier molecular flexibility index (Phi) is 12.3. The lowest BCUT2D eigenvalue weighted by Gasteiger charge is -2.37. The van der Waals surface area contributed by atoms with Gasteiger partial charge in [-0.3, -0.25) is 15.0 Å². The van der Waals surface area contributed by atoms with Crippen LogP contribution in [0.4, 0.5) is 4.79 Å². The Morgan fingerprint density at radius 2 is 1.48 bits per heavy atom. The summed E-state index contributed by atoms with van der Waals surface area (Å²) in [4.78, 5) is 40.6. The molecule has 0 heterocycles. The average molecular weight is 705 g/mol. The van der Waals surface area contributed by atoms with Crippen molar-refractivity contribution in [3.8, 4) is 0 Å². The van der Waals surface area contributed by atoms with Crippen molar-refractivity contribution >= 4 is 30.1 Å². The highest BCUT2D eigenvalue weighted by molar-refractivity contribution is 5.87. The SMILES string of the molecule is COC(=O)N[C@H](C(=O)NN(Cc1cccc(/C=C/c2ccccc2)c1)C[C@@](O)(Cc1ccccc1)C(=O)N[C@H]1c2ccccc2C[C@H]1O)C(C)(C)C. The number of aliphatic hydroxyl groups is 2. The highest BCUT2D eigenvalue weighted by Crippen LogP contribution is 2.32. The quantitative estimate of drug-likeness (QED) is 0.0952. The van der Waals surface area contributed by atoms with Crippen molar-refractivity contribution in [1.29, 1.82) is 0 Å². The first-order valence-electron chi connectivity index (χ1n) is 17.4. The third-order valence-corrected chi connectivity index (χ3v) is 9.14. The van der Waals surface area contributed by atoms with E-state index in [9.17, 15) is 24.6 Å². The molecule has 52 heavy (non-hydrogen) atoms. The lowest BCUT2D eigenvalue weighted by molar-refractivity contribution is -0.147. The fourth-order valence-corrected chi connectivity index (χ4v) is 6.46. The number of nitrogens with zero attached hydrogens (tertiary/aromatic N) is 1. The Bertz CT molecular complexity index is 1860. The van der Waals surface area contributed by atoms with Gasteiger partial charge in [0, 0.05) is 19.4 Å². The van der Waals surface area contributed by atoms with Crippen molar-refractivity contribution in [1.82, 2.24) is 21.1 Å². The number of benzene rings is 4. The molecule has 4 atom stereocenters. The fourth-order valence-electron chi connectivity index (χ4n) is 6.46. The first kappa shape index (κ1) is 38.0. The molecule has 0 bridgehead atoms. The van der Waals surface area contributed by atoms with Gasteiger partial charge in [0.25, 0.3) is 11.8 Å². The first-order chi connectivity index (χ1) is 24.8. The molecule has 0 unspecified atom stereocenters. The molecule has 0 fully saturated rings. The number of carbonyl (C=O) groups excluding carboxylic acids is 3. The van der Waals surface area contributed by atoms with E-state index >= 15 is 0 Å². The van der Waals surface area contributed by atoms with Crippen molar-refractivity contribution in [3.05, 3.63) is 143 Å². The zero-order valence-electron chi connectivity index (χ0n) is 30.1. The van der Waals surface area contributed by atoms with Gasteiger partial charge in [-0.2, -0.15) is 0 Å². The average Bonchev–Trinajstić information content (AvgIpc) is 3.44.